The molecular weight excluding hydrogens is 420 g/mol. The van der Waals surface area contributed by atoms with Crippen LogP contribution in [0.5, 0.6) is 0 Å². The van der Waals surface area contributed by atoms with Crippen molar-refractivity contribution >= 4 is 57.3 Å². The monoisotopic (exact) mass is 436 g/mol. The summed E-state index contributed by atoms with van der Waals surface area (Å²) in [4.78, 5) is 39.5. The van der Waals surface area contributed by atoms with Crippen molar-refractivity contribution in [1.82, 2.24) is 4.98 Å². The fourth-order valence-corrected chi connectivity index (χ4v) is 4.10. The lowest BCUT2D eigenvalue weighted by molar-refractivity contribution is -0.115. The number of hydrogen-bond donors (Lipinski definition) is 1. The van der Waals surface area contributed by atoms with Gasteiger partial charge in [-0.15, -0.1) is 16.2 Å². The summed E-state index contributed by atoms with van der Waals surface area (Å²) in [5.41, 5.74) is 2.17. The number of benzene rings is 2. The Bertz CT molecular complexity index is 1260. The van der Waals surface area contributed by atoms with Gasteiger partial charge < -0.3 is 9.88 Å². The molecule has 0 aliphatic heterocycles. The molecule has 3 aromatic rings. The lowest BCUT2D eigenvalue weighted by Crippen LogP contribution is -2.37. The van der Waals surface area contributed by atoms with E-state index < -0.39 is 11.8 Å². The summed E-state index contributed by atoms with van der Waals surface area (Å²) in [6.45, 7) is 3.73. The normalized spacial score (nSPS) is 11.3. The molecule has 150 valence electrons. The molecule has 0 fully saturated rings. The van der Waals surface area contributed by atoms with Gasteiger partial charge in [-0.1, -0.05) is 12.1 Å². The first kappa shape index (κ1) is 21.2. The highest BCUT2D eigenvalue weighted by Gasteiger charge is 2.23. The molecule has 0 bridgehead atoms. The van der Waals surface area contributed by atoms with Crippen LogP contribution in [0, 0.1) is 20.2 Å². The number of hydrogen-bond acceptors (Lipinski definition) is 6. The molecule has 0 aliphatic carbocycles. The highest BCUT2D eigenvalue weighted by atomic mass is 32.1. The van der Waals surface area contributed by atoms with E-state index in [0.717, 1.165) is 10.2 Å². The lowest BCUT2D eigenvalue weighted by atomic mass is 10.1. The maximum Gasteiger partial charge on any atom is 0.316 e. The van der Waals surface area contributed by atoms with E-state index in [9.17, 15) is 19.8 Å². The van der Waals surface area contributed by atoms with Crippen molar-refractivity contribution < 1.29 is 9.59 Å². The quantitative estimate of drug-likeness (QED) is 0.256. The van der Waals surface area contributed by atoms with Crippen LogP contribution in [0.25, 0.3) is 16.3 Å². The summed E-state index contributed by atoms with van der Waals surface area (Å²) in [7, 11) is 0. The number of carbonyl (C=O) groups is 2. The van der Waals surface area contributed by atoms with Crippen molar-refractivity contribution in [2.24, 2.45) is 5.18 Å². The van der Waals surface area contributed by atoms with E-state index in [1.165, 1.54) is 29.5 Å². The smallest absolute Gasteiger partial charge is 0.316 e. The Hall–Kier alpha value is -3.48. The number of H-pyrrole nitrogens is 1. The summed E-state index contributed by atoms with van der Waals surface area (Å²) in [5, 5.41) is 12.0. The molecule has 0 saturated heterocycles. The van der Waals surface area contributed by atoms with Crippen LogP contribution in [0.2, 0.25) is 0 Å². The zero-order valence-corrected chi connectivity index (χ0v) is 17.7. The molecule has 2 aromatic carbocycles. The number of amides is 2. The molecule has 1 aromatic heterocycles. The fraction of sp³-hybridized carbons (Fsp3) is 0.143. The molecule has 1 heterocycles. The Labute approximate surface area is 181 Å². The van der Waals surface area contributed by atoms with Gasteiger partial charge in [-0.05, 0) is 68.0 Å². The number of thiazole rings is 1. The second kappa shape index (κ2) is 8.90. The minimum absolute atomic E-state index is 0.0573. The van der Waals surface area contributed by atoms with Crippen LogP contribution in [0.15, 0.2) is 53.2 Å². The molecule has 7 nitrogen and oxygen atoms in total. The van der Waals surface area contributed by atoms with E-state index in [2.05, 4.69) is 10.2 Å². The average Bonchev–Trinajstić information content (AvgIpc) is 3.11. The van der Waals surface area contributed by atoms with Crippen LogP contribution in [-0.2, 0) is 4.79 Å². The minimum Gasteiger partial charge on any atom is -0.337 e. The lowest BCUT2D eigenvalue weighted by Gasteiger charge is -2.26. The van der Waals surface area contributed by atoms with Gasteiger partial charge in [0, 0.05) is 22.5 Å². The van der Waals surface area contributed by atoms with Gasteiger partial charge in [0.05, 0.1) is 10.2 Å². The van der Waals surface area contributed by atoms with E-state index >= 15 is 0 Å². The van der Waals surface area contributed by atoms with Crippen LogP contribution in [0.4, 0.5) is 5.69 Å². The predicted molar refractivity (Wildman–Crippen MR) is 120 cm³/mol. The van der Waals surface area contributed by atoms with Gasteiger partial charge in [-0.2, -0.15) is 5.26 Å². The molecule has 3 rings (SSSR count). The number of nitriles is 1. The SMILES string of the molecule is CC(C)N(C(=O)/C(C#N)=C/c1ccc(C(=O)N=O)cc1)c1ccc2[nH]c(=S)sc2c1. The third-order valence-corrected chi connectivity index (χ3v) is 5.52. The number of rotatable bonds is 5. The Morgan fingerprint density at radius 3 is 2.53 bits per heavy atom. The molecule has 0 unspecified atom stereocenters. The number of aromatic nitrogens is 1. The number of carbonyl (C=O) groups excluding carboxylic acids is 2. The summed E-state index contributed by atoms with van der Waals surface area (Å²) in [5.74, 6) is -1.32. The Kier molecular flexibility index (Phi) is 6.30. The van der Waals surface area contributed by atoms with Crippen LogP contribution in [0.1, 0.15) is 29.8 Å². The zero-order chi connectivity index (χ0) is 21.8. The Morgan fingerprint density at radius 2 is 1.93 bits per heavy atom. The van der Waals surface area contributed by atoms with E-state index in [4.69, 9.17) is 12.2 Å². The van der Waals surface area contributed by atoms with Crippen molar-refractivity contribution in [2.45, 2.75) is 19.9 Å². The van der Waals surface area contributed by atoms with Gasteiger partial charge in [0.25, 0.3) is 5.91 Å². The summed E-state index contributed by atoms with van der Waals surface area (Å²) < 4.78 is 1.57. The number of nitrogens with zero attached hydrogens (tertiary/aromatic N) is 3. The first-order valence-corrected chi connectivity index (χ1v) is 10.1. The molecule has 0 spiro atoms. The average molecular weight is 437 g/mol. The first-order chi connectivity index (χ1) is 14.3. The third-order valence-electron chi connectivity index (χ3n) is 4.32. The maximum atomic E-state index is 13.2. The Balaban J connectivity index is 1.97. The van der Waals surface area contributed by atoms with E-state index in [0.29, 0.717) is 15.2 Å². The van der Waals surface area contributed by atoms with E-state index in [-0.39, 0.29) is 17.2 Å². The molecular formula is C21H16N4O3S2. The maximum absolute atomic E-state index is 13.2. The molecule has 2 amide bonds. The topological polar surface area (TPSA) is 106 Å². The molecule has 0 radical (unpaired) electrons. The number of nitrogens with one attached hydrogen (secondary N) is 1. The van der Waals surface area contributed by atoms with Gasteiger partial charge in [-0.3, -0.25) is 9.59 Å². The second-order valence-electron chi connectivity index (χ2n) is 6.65. The fourth-order valence-electron chi connectivity index (χ4n) is 2.95. The molecule has 0 aliphatic rings. The van der Waals surface area contributed by atoms with Crippen LogP contribution >= 0.6 is 23.6 Å². The second-order valence-corrected chi connectivity index (χ2v) is 8.37. The number of anilines is 1. The first-order valence-electron chi connectivity index (χ1n) is 8.90. The highest BCUT2D eigenvalue weighted by molar-refractivity contribution is 7.73. The van der Waals surface area contributed by atoms with E-state index in [1.807, 2.05) is 32.0 Å². The van der Waals surface area contributed by atoms with Crippen molar-refractivity contribution in [3.05, 3.63) is 68.0 Å². The Morgan fingerprint density at radius 1 is 1.23 bits per heavy atom. The number of aromatic amines is 1. The summed E-state index contributed by atoms with van der Waals surface area (Å²) in [6.07, 6.45) is 1.44. The van der Waals surface area contributed by atoms with Crippen LogP contribution in [0.3, 0.4) is 0 Å². The minimum atomic E-state index is -0.878. The molecule has 1 N–H and O–H groups in total. The van der Waals surface area contributed by atoms with Gasteiger partial charge in [0.1, 0.15) is 11.6 Å². The van der Waals surface area contributed by atoms with Gasteiger partial charge in [0.2, 0.25) is 0 Å². The number of fused-ring (bicyclic) bond motifs is 1. The summed E-state index contributed by atoms with van der Waals surface area (Å²) in [6, 6.07) is 13.2. The molecule has 0 saturated carbocycles. The standard InChI is InChI=1S/C21H16N4O3S2/c1-12(2)25(16-7-8-17-18(10-16)30-21(29)23-17)20(27)15(11-22)9-13-3-5-14(6-4-13)19(26)24-28/h3-10,12H,1-2H3,(H,23,29)/b15-9+. The molecule has 9 heteroatoms. The van der Waals surface area contributed by atoms with Crippen molar-refractivity contribution in [2.75, 3.05) is 4.90 Å². The van der Waals surface area contributed by atoms with Crippen LogP contribution < -0.4 is 4.90 Å². The van der Waals surface area contributed by atoms with Crippen molar-refractivity contribution in [3.63, 3.8) is 0 Å². The number of nitroso groups, excluding NO2 is 1. The van der Waals surface area contributed by atoms with E-state index in [1.54, 1.807) is 23.1 Å². The zero-order valence-electron chi connectivity index (χ0n) is 16.1. The van der Waals surface area contributed by atoms with Crippen molar-refractivity contribution in [1.29, 1.82) is 5.26 Å². The van der Waals surface area contributed by atoms with Crippen LogP contribution in [-0.4, -0.2) is 22.8 Å². The molecule has 30 heavy (non-hydrogen) atoms. The summed E-state index contributed by atoms with van der Waals surface area (Å²) >= 11 is 6.59. The molecule has 0 atom stereocenters. The van der Waals surface area contributed by atoms with Gasteiger partial charge >= 0.3 is 5.91 Å². The van der Waals surface area contributed by atoms with Gasteiger partial charge in [0.15, 0.2) is 3.95 Å². The highest BCUT2D eigenvalue weighted by Crippen LogP contribution is 2.28. The van der Waals surface area contributed by atoms with Gasteiger partial charge in [-0.25, -0.2) is 0 Å². The largest absolute Gasteiger partial charge is 0.337 e. The third kappa shape index (κ3) is 4.40. The predicted octanol–water partition coefficient (Wildman–Crippen LogP) is 5.21. The van der Waals surface area contributed by atoms with Crippen molar-refractivity contribution in [3.8, 4) is 6.07 Å².